The van der Waals surface area contributed by atoms with Gasteiger partial charge in [-0.05, 0) is 48.0 Å². The zero-order valence-electron chi connectivity index (χ0n) is 11.1. The fourth-order valence-corrected chi connectivity index (χ4v) is 2.59. The van der Waals surface area contributed by atoms with Crippen LogP contribution in [0, 0.1) is 6.92 Å². The van der Waals surface area contributed by atoms with Gasteiger partial charge in [-0.15, -0.1) is 0 Å². The molecule has 0 spiro atoms. The van der Waals surface area contributed by atoms with Crippen molar-refractivity contribution in [3.05, 3.63) is 59.8 Å². The molecule has 3 rings (SSSR count). The summed E-state index contributed by atoms with van der Waals surface area (Å²) in [5.41, 5.74) is 12.0. The molecule has 0 unspecified atom stereocenters. The molecule has 0 aliphatic heterocycles. The minimum absolute atomic E-state index is 0.691. The molecule has 2 heteroatoms. The van der Waals surface area contributed by atoms with Gasteiger partial charge < -0.3 is 10.7 Å². The number of aromatic amines is 1. The van der Waals surface area contributed by atoms with E-state index in [1.165, 1.54) is 33.2 Å². The number of H-pyrrole nitrogens is 1. The molecule has 0 amide bonds. The molecule has 0 saturated carbocycles. The van der Waals surface area contributed by atoms with Crippen LogP contribution in [-0.2, 0) is 6.42 Å². The summed E-state index contributed by atoms with van der Waals surface area (Å²) in [7, 11) is 0. The number of nitrogens with one attached hydrogen (secondary N) is 1. The Hall–Kier alpha value is -2.06. The third-order valence-electron chi connectivity index (χ3n) is 3.66. The molecule has 0 bridgehead atoms. The molecule has 0 fully saturated rings. The van der Waals surface area contributed by atoms with Crippen LogP contribution in [0.5, 0.6) is 0 Å². The zero-order valence-corrected chi connectivity index (χ0v) is 11.1. The van der Waals surface area contributed by atoms with Gasteiger partial charge in [0.2, 0.25) is 0 Å². The summed E-state index contributed by atoms with van der Waals surface area (Å²) in [6.45, 7) is 2.83. The highest BCUT2D eigenvalue weighted by Crippen LogP contribution is 2.29. The number of benzene rings is 2. The van der Waals surface area contributed by atoms with E-state index in [9.17, 15) is 0 Å². The van der Waals surface area contributed by atoms with Crippen LogP contribution >= 0.6 is 0 Å². The van der Waals surface area contributed by atoms with Gasteiger partial charge in [-0.2, -0.15) is 0 Å². The molecule has 3 N–H and O–H groups in total. The molecule has 0 radical (unpaired) electrons. The van der Waals surface area contributed by atoms with Crippen LogP contribution in [-0.4, -0.2) is 11.5 Å². The Morgan fingerprint density at radius 3 is 2.84 bits per heavy atom. The maximum absolute atomic E-state index is 5.69. The number of nitrogens with two attached hydrogens (primary N) is 1. The number of hydrogen-bond donors (Lipinski definition) is 2. The van der Waals surface area contributed by atoms with Crippen molar-refractivity contribution in [2.75, 3.05) is 6.54 Å². The monoisotopic (exact) mass is 250 g/mol. The summed E-state index contributed by atoms with van der Waals surface area (Å²) >= 11 is 0. The van der Waals surface area contributed by atoms with Gasteiger partial charge in [-0.3, -0.25) is 0 Å². The number of aromatic nitrogens is 1. The summed E-state index contributed by atoms with van der Waals surface area (Å²) in [6.07, 6.45) is 2.92. The third kappa shape index (κ3) is 2.15. The number of fused-ring (bicyclic) bond motifs is 1. The summed E-state index contributed by atoms with van der Waals surface area (Å²) in [5.74, 6) is 0. The molecular formula is C17H18N2. The second-order valence-corrected chi connectivity index (χ2v) is 4.93. The second kappa shape index (κ2) is 4.90. The van der Waals surface area contributed by atoms with E-state index in [1.807, 2.05) is 6.20 Å². The third-order valence-corrected chi connectivity index (χ3v) is 3.66. The van der Waals surface area contributed by atoms with Gasteiger partial charge in [0.15, 0.2) is 0 Å². The number of rotatable bonds is 3. The summed E-state index contributed by atoms with van der Waals surface area (Å²) in [6, 6.07) is 15.1. The lowest BCUT2D eigenvalue weighted by atomic mass is 9.97. The van der Waals surface area contributed by atoms with E-state index in [2.05, 4.69) is 54.4 Å². The van der Waals surface area contributed by atoms with E-state index in [0.29, 0.717) is 6.54 Å². The minimum atomic E-state index is 0.691. The molecule has 2 nitrogen and oxygen atoms in total. The lowest BCUT2D eigenvalue weighted by molar-refractivity contribution is 0.958. The molecule has 0 aliphatic carbocycles. The van der Waals surface area contributed by atoms with Crippen LogP contribution in [0.2, 0.25) is 0 Å². The van der Waals surface area contributed by atoms with E-state index in [-0.39, 0.29) is 0 Å². The second-order valence-electron chi connectivity index (χ2n) is 4.93. The van der Waals surface area contributed by atoms with Crippen molar-refractivity contribution < 1.29 is 0 Å². The Morgan fingerprint density at radius 1 is 1.11 bits per heavy atom. The lowest BCUT2D eigenvalue weighted by Crippen LogP contribution is -2.04. The molecule has 0 aliphatic rings. The lowest BCUT2D eigenvalue weighted by Gasteiger charge is -2.09. The number of aryl methyl sites for hydroxylation is 1. The van der Waals surface area contributed by atoms with Crippen molar-refractivity contribution in [2.45, 2.75) is 13.3 Å². The van der Waals surface area contributed by atoms with Crippen LogP contribution in [0.25, 0.3) is 22.0 Å². The standard InChI is InChI=1S/C17H18N2/c1-12-5-6-15(11-14(12)7-9-18)16-4-2-3-13-8-10-19-17(13)16/h2-6,8,10-11,19H,7,9,18H2,1H3. The fourth-order valence-electron chi connectivity index (χ4n) is 2.59. The highest BCUT2D eigenvalue weighted by Gasteiger charge is 2.06. The topological polar surface area (TPSA) is 41.8 Å². The quantitative estimate of drug-likeness (QED) is 0.732. The molecule has 0 atom stereocenters. The zero-order chi connectivity index (χ0) is 13.2. The van der Waals surface area contributed by atoms with Gasteiger partial charge in [0.05, 0.1) is 5.52 Å². The highest BCUT2D eigenvalue weighted by atomic mass is 14.7. The maximum atomic E-state index is 5.69. The predicted molar refractivity (Wildman–Crippen MR) is 81.2 cm³/mol. The number of hydrogen-bond acceptors (Lipinski definition) is 1. The Labute approximate surface area is 113 Å². The van der Waals surface area contributed by atoms with Gasteiger partial charge >= 0.3 is 0 Å². The van der Waals surface area contributed by atoms with Crippen molar-refractivity contribution in [3.63, 3.8) is 0 Å². The summed E-state index contributed by atoms with van der Waals surface area (Å²) in [5, 5.41) is 1.25. The van der Waals surface area contributed by atoms with Crippen LogP contribution in [0.3, 0.4) is 0 Å². The van der Waals surface area contributed by atoms with Gasteiger partial charge in [-0.25, -0.2) is 0 Å². The average Bonchev–Trinajstić information content (AvgIpc) is 2.90. The first kappa shape index (κ1) is 12.0. The normalized spacial score (nSPS) is 11.1. The van der Waals surface area contributed by atoms with Gasteiger partial charge in [0.1, 0.15) is 0 Å². The van der Waals surface area contributed by atoms with Crippen LogP contribution in [0.1, 0.15) is 11.1 Å². The first-order valence-electron chi connectivity index (χ1n) is 6.65. The molecule has 1 aromatic heterocycles. The van der Waals surface area contributed by atoms with E-state index in [0.717, 1.165) is 6.42 Å². The van der Waals surface area contributed by atoms with Crippen molar-refractivity contribution >= 4 is 10.9 Å². The average molecular weight is 250 g/mol. The SMILES string of the molecule is Cc1ccc(-c2cccc3cc[nH]c23)cc1CCN. The largest absolute Gasteiger partial charge is 0.361 e. The van der Waals surface area contributed by atoms with Gasteiger partial charge in [0, 0.05) is 11.8 Å². The molecule has 0 saturated heterocycles. The first-order valence-corrected chi connectivity index (χ1v) is 6.65. The van der Waals surface area contributed by atoms with Gasteiger partial charge in [0.25, 0.3) is 0 Å². The Bertz CT molecular complexity index is 710. The minimum Gasteiger partial charge on any atom is -0.361 e. The Morgan fingerprint density at radius 2 is 2.00 bits per heavy atom. The fraction of sp³-hybridized carbons (Fsp3) is 0.176. The molecule has 2 aromatic carbocycles. The first-order chi connectivity index (χ1) is 9.29. The molecule has 19 heavy (non-hydrogen) atoms. The van der Waals surface area contributed by atoms with Crippen molar-refractivity contribution in [3.8, 4) is 11.1 Å². The Kier molecular flexibility index (Phi) is 3.10. The van der Waals surface area contributed by atoms with E-state index < -0.39 is 0 Å². The molecule has 1 heterocycles. The predicted octanol–water partition coefficient (Wildman–Crippen LogP) is 3.64. The highest BCUT2D eigenvalue weighted by molar-refractivity contribution is 5.94. The summed E-state index contributed by atoms with van der Waals surface area (Å²) in [4.78, 5) is 3.33. The maximum Gasteiger partial charge on any atom is 0.0533 e. The molecular weight excluding hydrogens is 232 g/mol. The van der Waals surface area contributed by atoms with Crippen molar-refractivity contribution in [1.82, 2.24) is 4.98 Å². The van der Waals surface area contributed by atoms with Crippen LogP contribution in [0.4, 0.5) is 0 Å². The van der Waals surface area contributed by atoms with Gasteiger partial charge in [-0.1, -0.05) is 36.4 Å². The molecule has 96 valence electrons. The van der Waals surface area contributed by atoms with Crippen LogP contribution < -0.4 is 5.73 Å². The molecule has 3 aromatic rings. The van der Waals surface area contributed by atoms with Crippen molar-refractivity contribution in [2.24, 2.45) is 5.73 Å². The van der Waals surface area contributed by atoms with E-state index >= 15 is 0 Å². The smallest absolute Gasteiger partial charge is 0.0533 e. The van der Waals surface area contributed by atoms with Crippen LogP contribution in [0.15, 0.2) is 48.7 Å². The van der Waals surface area contributed by atoms with E-state index in [4.69, 9.17) is 5.73 Å². The number of para-hydroxylation sites is 1. The Balaban J connectivity index is 2.16. The summed E-state index contributed by atoms with van der Waals surface area (Å²) < 4.78 is 0. The van der Waals surface area contributed by atoms with Crippen molar-refractivity contribution in [1.29, 1.82) is 0 Å². The van der Waals surface area contributed by atoms with E-state index in [1.54, 1.807) is 0 Å².